The topological polar surface area (TPSA) is 351 Å². The minimum atomic E-state index is -3.49. The molecule has 31 nitrogen and oxygen atoms in total. The Balaban J connectivity index is 0.000000141. The number of para-hydroxylation sites is 3. The number of aliphatic imine (C=N–C) groups is 1. The Bertz CT molecular complexity index is 6290. The number of sulfone groups is 3. The molecule has 36 heteroatoms. The van der Waals surface area contributed by atoms with Gasteiger partial charge in [-0.05, 0) is 150 Å². The van der Waals surface area contributed by atoms with Crippen molar-refractivity contribution < 1.29 is 63.1 Å². The summed E-state index contributed by atoms with van der Waals surface area (Å²) in [5.41, 5.74) is 11.0. The third-order valence-corrected chi connectivity index (χ3v) is 25.0. The van der Waals surface area contributed by atoms with Crippen LogP contribution in [0, 0.1) is 33.6 Å². The molecule has 0 amide bonds. The number of imidazole rings is 2. The van der Waals surface area contributed by atoms with Gasteiger partial charge in [0.2, 0.25) is 5.15 Å². The van der Waals surface area contributed by atoms with Crippen molar-refractivity contribution in [3.05, 3.63) is 212 Å². The Morgan fingerprint density at radius 2 is 0.806 bits per heavy atom. The molecule has 3 aromatic carbocycles. The van der Waals surface area contributed by atoms with Gasteiger partial charge in [-0.2, -0.15) is 0 Å². The molecule has 0 saturated carbocycles. The summed E-state index contributed by atoms with van der Waals surface area (Å²) >= 11 is 12.0. The number of aromatic nitrogens is 10. The monoisotopic (exact) mass is 1780 g/mol. The van der Waals surface area contributed by atoms with Crippen molar-refractivity contribution in [1.29, 1.82) is 0 Å². The van der Waals surface area contributed by atoms with Crippen molar-refractivity contribution in [2.24, 2.45) is 4.99 Å². The van der Waals surface area contributed by atoms with Gasteiger partial charge in [-0.1, -0.05) is 67.7 Å². The lowest BCUT2D eigenvalue weighted by molar-refractivity contribution is -0.0310. The van der Waals surface area contributed by atoms with Crippen LogP contribution in [0.1, 0.15) is 137 Å². The predicted octanol–water partition coefficient (Wildman–Crippen LogP) is 17.7. The molecule has 14 heterocycles. The van der Waals surface area contributed by atoms with Gasteiger partial charge in [-0.25, -0.2) is 45.2 Å². The number of anilines is 6. The molecule has 2 unspecified atom stereocenters. The van der Waals surface area contributed by atoms with Gasteiger partial charge in [0.15, 0.2) is 40.8 Å². The van der Waals surface area contributed by atoms with Crippen LogP contribution in [-0.4, -0.2) is 170 Å². The minimum Gasteiger partial charge on any atom is -0.499 e. The van der Waals surface area contributed by atoms with Gasteiger partial charge in [0, 0.05) is 94.8 Å². The summed E-state index contributed by atoms with van der Waals surface area (Å²) in [7, 11) is -10.3. The Labute approximate surface area is 729 Å². The number of hydrogen-bond donors (Lipinski definition) is 3. The third kappa shape index (κ3) is 22.2. The van der Waals surface area contributed by atoms with E-state index in [0.717, 1.165) is 106 Å². The van der Waals surface area contributed by atoms with E-state index in [1.165, 1.54) is 18.8 Å². The number of rotatable bonds is 21. The van der Waals surface area contributed by atoms with Crippen molar-refractivity contribution in [3.63, 3.8) is 0 Å². The zero-order valence-electron chi connectivity index (χ0n) is 69.2. The number of nitrogens with zero attached hydrogens (tertiary/aromatic N) is 14. The molecule has 11 aromatic rings. The van der Waals surface area contributed by atoms with Crippen LogP contribution in [0.15, 0.2) is 147 Å². The van der Waals surface area contributed by atoms with E-state index < -0.39 is 29.5 Å². The average Bonchev–Trinajstić information content (AvgIpc) is 1.59. The lowest BCUT2D eigenvalue weighted by Gasteiger charge is -2.25. The van der Waals surface area contributed by atoms with Crippen LogP contribution < -0.4 is 30.2 Å². The van der Waals surface area contributed by atoms with Gasteiger partial charge >= 0.3 is 17.5 Å². The molecular weight excluding hydrogens is 1690 g/mol. The van der Waals surface area contributed by atoms with Crippen molar-refractivity contribution >= 4 is 138 Å². The molecule has 0 aliphatic carbocycles. The normalized spacial score (nSPS) is 17.0. The van der Waals surface area contributed by atoms with Crippen LogP contribution in [0.2, 0.25) is 10.3 Å². The molecular formula is C88H93Cl2N17O14S3. The minimum absolute atomic E-state index is 0.0000447. The molecule has 2 atom stereocenters. The van der Waals surface area contributed by atoms with Gasteiger partial charge in [0.05, 0.1) is 118 Å². The first-order valence-electron chi connectivity index (χ1n) is 40.7. The summed E-state index contributed by atoms with van der Waals surface area (Å²) < 4.78 is 124. The predicted molar refractivity (Wildman–Crippen MR) is 472 cm³/mol. The third-order valence-electron chi connectivity index (χ3n) is 21.1. The van der Waals surface area contributed by atoms with E-state index >= 15 is 0 Å². The first kappa shape index (κ1) is 89.0. The van der Waals surface area contributed by atoms with Crippen molar-refractivity contribution in [2.75, 3.05) is 87.6 Å². The Hall–Kier alpha value is -11.3. The Kier molecular flexibility index (Phi) is 28.8. The van der Waals surface area contributed by atoms with Gasteiger partial charge in [-0.3, -0.25) is 19.1 Å². The van der Waals surface area contributed by atoms with Gasteiger partial charge in [0.25, 0.3) is 0 Å². The van der Waals surface area contributed by atoms with Crippen molar-refractivity contribution in [3.8, 4) is 17.2 Å². The van der Waals surface area contributed by atoms with Crippen LogP contribution in [0.3, 0.4) is 0 Å². The molecule has 3 N–H and O–H groups in total. The zero-order chi connectivity index (χ0) is 87.2. The lowest BCUT2D eigenvalue weighted by atomic mass is 10.1. The summed E-state index contributed by atoms with van der Waals surface area (Å²) in [6.07, 6.45) is 15.5. The summed E-state index contributed by atoms with van der Waals surface area (Å²) in [6, 6.07) is 36.4. The number of fused-ring (bicyclic) bond motifs is 3. The second-order valence-electron chi connectivity index (χ2n) is 30.5. The quantitative estimate of drug-likeness (QED) is 0.0444. The van der Waals surface area contributed by atoms with E-state index in [-0.39, 0.29) is 62.9 Å². The number of ether oxygens (including phenoxy) is 8. The van der Waals surface area contributed by atoms with E-state index in [0.29, 0.717) is 179 Å². The maximum Gasteiger partial charge on any atom is 0.313 e. The molecule has 17 rings (SSSR count). The smallest absolute Gasteiger partial charge is 0.313 e. The fraction of sp³-hybridized carbons (Fsp3) is 0.386. The standard InChI is InChI=1S/C31H34N6O5S.C27H27N5O4S.C19H21ClN4O3S.C11H11ClN2O2/c1-20-33-29-25(36-24-8-4-5-9-27(24)43(3,38)39)19-22(35-31(29)37(20)28-10-6-7-15-41-28)18-21-11-12-26(30(32-2)34-21)42-23-13-16-40-17-14-23;1-17-14-22-26(29-17)23(32-21-6-4-5-7-25(21)37(3,33)34)16-19(30-22)15-18-8-9-24(27(28-2)31-18)36-20-10-12-35-13-11-20;1-12-21-18-14(22-13-7-3-4-8-15(13)28(2,25)26)11-16(20)23-19(18)24(12)17-9-5-6-10-27-17;1-13-11-9(2-3-10(12)14-11)16-8-4-6-15-7-5-8/h4-5,8-9,11-12,19,23,28H,6-7,10,13-18H2,1,3H3,(H,35,36);4-9,16,20H,10-15H2,1,3H3,(H,30,32);3-4,7-8,11,17H,5-6,9-10H2,1-2H3,(H,22,23);2-3,8H,4-7H2. The van der Waals surface area contributed by atoms with E-state index in [9.17, 15) is 25.3 Å². The maximum atomic E-state index is 12.6. The lowest BCUT2D eigenvalue weighted by Crippen LogP contribution is -2.25. The SMILES string of the molecule is Cc1nc2c(Nc3ccccc3S(C)(=O)=O)cc(Cl)nc2n1C1CCCCO1.[C-]#[N+]c1nc(Cc2cc(Nc3ccccc3S(C)(=O)=O)c3c(n2)CC(C)=N3)ccc1OC1CCOCC1.[C-]#[N+]c1nc(Cc2cc(Nc3ccccc3S(C)(=O)=O)c3nc(C)n(C4CCCCO4)c3n2)ccc1OC1CCOCC1.[C-]#[N+]c1nc(Cl)ccc1OC1CCOCC1. The highest BCUT2D eigenvalue weighted by molar-refractivity contribution is 7.91. The van der Waals surface area contributed by atoms with Gasteiger partial charge in [-0.15, -0.1) is 15.0 Å². The van der Waals surface area contributed by atoms with Crippen molar-refractivity contribution in [1.82, 2.24) is 49.0 Å². The molecule has 5 saturated heterocycles. The number of benzene rings is 3. The zero-order valence-corrected chi connectivity index (χ0v) is 73.2. The molecule has 5 fully saturated rings. The summed E-state index contributed by atoms with van der Waals surface area (Å²) in [4.78, 5) is 52.6. The summed E-state index contributed by atoms with van der Waals surface area (Å²) in [6.45, 7) is 33.5. The maximum absolute atomic E-state index is 12.6. The van der Waals surface area contributed by atoms with Gasteiger partial charge < -0.3 is 68.4 Å². The average molecular weight is 1780 g/mol. The van der Waals surface area contributed by atoms with E-state index in [1.54, 1.807) is 103 Å². The fourth-order valence-corrected chi connectivity index (χ4v) is 18.1. The van der Waals surface area contributed by atoms with E-state index in [1.807, 2.05) is 54.2 Å². The number of nitrogens with one attached hydrogen (secondary N) is 3. The van der Waals surface area contributed by atoms with Crippen LogP contribution in [0.4, 0.5) is 57.3 Å². The van der Waals surface area contributed by atoms with Gasteiger partial charge in [0.1, 0.15) is 92.9 Å². The molecule has 8 aromatic heterocycles. The number of pyridine rings is 6. The highest BCUT2D eigenvalue weighted by Crippen LogP contribution is 2.42. The molecule has 0 spiro atoms. The number of aryl methyl sites for hydroxylation is 2. The second kappa shape index (κ2) is 40.1. The Morgan fingerprint density at radius 1 is 0.419 bits per heavy atom. The molecule has 0 bridgehead atoms. The van der Waals surface area contributed by atoms with E-state index in [4.69, 9.17) is 95.8 Å². The van der Waals surface area contributed by atoms with Crippen LogP contribution in [0.25, 0.3) is 36.9 Å². The number of halogens is 2. The Morgan fingerprint density at radius 3 is 1.23 bits per heavy atom. The molecule has 0 radical (unpaired) electrons. The molecule has 6 aliphatic rings. The summed E-state index contributed by atoms with van der Waals surface area (Å²) in [5, 5.41) is 10.4. The van der Waals surface area contributed by atoms with E-state index in [2.05, 4.69) is 60.4 Å². The fourth-order valence-electron chi connectivity index (χ4n) is 15.2. The molecule has 646 valence electrons. The van der Waals surface area contributed by atoms with Crippen LogP contribution >= 0.6 is 23.2 Å². The highest BCUT2D eigenvalue weighted by atomic mass is 35.5. The van der Waals surface area contributed by atoms with Crippen LogP contribution in [0.5, 0.6) is 17.2 Å². The molecule has 124 heavy (non-hydrogen) atoms. The van der Waals surface area contributed by atoms with Crippen molar-refractivity contribution in [2.45, 2.75) is 163 Å². The second-order valence-corrected chi connectivity index (χ2v) is 37.3. The summed E-state index contributed by atoms with van der Waals surface area (Å²) in [5.74, 6) is 3.65. The number of hydrogen-bond acceptors (Lipinski definition) is 26. The molecule has 6 aliphatic heterocycles. The first-order valence-corrected chi connectivity index (χ1v) is 47.1. The van der Waals surface area contributed by atoms with Crippen LogP contribution in [-0.2, 0) is 72.5 Å². The largest absolute Gasteiger partial charge is 0.499 e. The highest BCUT2D eigenvalue weighted by Gasteiger charge is 2.30. The first-order chi connectivity index (χ1) is 59.7.